The lowest BCUT2D eigenvalue weighted by Crippen LogP contribution is -1.94. The third kappa shape index (κ3) is 3.72. The molecule has 9 rings (SSSR count). The van der Waals surface area contributed by atoms with E-state index in [-0.39, 0.29) is 0 Å². The molecule has 0 bridgehead atoms. The Hall–Kier alpha value is -5.66. The van der Waals surface area contributed by atoms with Gasteiger partial charge in [-0.05, 0) is 97.4 Å². The molecule has 0 fully saturated rings. The van der Waals surface area contributed by atoms with E-state index in [9.17, 15) is 0 Å². The summed E-state index contributed by atoms with van der Waals surface area (Å²) >= 11 is 0. The SMILES string of the molecule is c1ccc(-c2cc(-c3ccccc3)cc(-c3cccc(-n4c5cccc6c7ccccc7c7cccc4c7c65)c3)c2)cc1. The van der Waals surface area contributed by atoms with Gasteiger partial charge in [-0.3, -0.25) is 0 Å². The van der Waals surface area contributed by atoms with Gasteiger partial charge in [-0.25, -0.2) is 0 Å². The van der Waals surface area contributed by atoms with Gasteiger partial charge >= 0.3 is 0 Å². The molecule has 0 atom stereocenters. The zero-order valence-corrected chi connectivity index (χ0v) is 23.5. The van der Waals surface area contributed by atoms with Gasteiger partial charge in [0.15, 0.2) is 0 Å². The van der Waals surface area contributed by atoms with Crippen LogP contribution in [-0.2, 0) is 0 Å². The normalized spacial score (nSPS) is 11.7. The van der Waals surface area contributed by atoms with Gasteiger partial charge < -0.3 is 4.57 Å². The fourth-order valence-corrected chi connectivity index (χ4v) is 7.00. The molecule has 1 heterocycles. The molecule has 0 spiro atoms. The number of benzene rings is 8. The Bertz CT molecular complexity index is 2290. The lowest BCUT2D eigenvalue weighted by atomic mass is 9.93. The molecule has 0 radical (unpaired) electrons. The molecule has 0 aliphatic rings. The van der Waals surface area contributed by atoms with Crippen molar-refractivity contribution in [2.75, 3.05) is 0 Å². The number of hydrogen-bond acceptors (Lipinski definition) is 0. The van der Waals surface area contributed by atoms with Crippen molar-refractivity contribution in [2.45, 2.75) is 0 Å². The summed E-state index contributed by atoms with van der Waals surface area (Å²) in [4.78, 5) is 0. The molecule has 0 amide bonds. The van der Waals surface area contributed by atoms with Gasteiger partial charge in [-0.15, -0.1) is 0 Å². The zero-order valence-electron chi connectivity index (χ0n) is 23.5. The first-order valence-corrected chi connectivity index (χ1v) is 14.9. The Morgan fingerprint density at radius 3 is 1.23 bits per heavy atom. The fourth-order valence-electron chi connectivity index (χ4n) is 7.00. The number of fused-ring (bicyclic) bond motifs is 3. The topological polar surface area (TPSA) is 4.93 Å². The average Bonchev–Trinajstić information content (AvgIpc) is 3.44. The molecule has 0 N–H and O–H groups in total. The van der Waals surface area contributed by atoms with E-state index in [0.29, 0.717) is 0 Å². The van der Waals surface area contributed by atoms with Crippen LogP contribution in [0.15, 0.2) is 164 Å². The second kappa shape index (κ2) is 9.44. The first-order chi connectivity index (χ1) is 21.3. The van der Waals surface area contributed by atoms with Crippen molar-refractivity contribution >= 4 is 43.4 Å². The summed E-state index contributed by atoms with van der Waals surface area (Å²) in [5.41, 5.74) is 11.0. The predicted molar refractivity (Wildman–Crippen MR) is 183 cm³/mol. The van der Waals surface area contributed by atoms with Crippen LogP contribution in [0.2, 0.25) is 0 Å². The van der Waals surface area contributed by atoms with E-state index in [2.05, 4.69) is 168 Å². The summed E-state index contributed by atoms with van der Waals surface area (Å²) in [6.45, 7) is 0. The molecule has 0 aliphatic heterocycles. The van der Waals surface area contributed by atoms with E-state index in [1.807, 2.05) is 0 Å². The molecule has 1 aromatic heterocycles. The highest BCUT2D eigenvalue weighted by Crippen LogP contribution is 2.44. The van der Waals surface area contributed by atoms with Crippen LogP contribution in [0.4, 0.5) is 0 Å². The van der Waals surface area contributed by atoms with Crippen molar-refractivity contribution in [3.05, 3.63) is 164 Å². The van der Waals surface area contributed by atoms with Crippen LogP contribution in [-0.4, -0.2) is 4.57 Å². The smallest absolute Gasteiger partial charge is 0.0547 e. The van der Waals surface area contributed by atoms with Crippen molar-refractivity contribution in [1.82, 2.24) is 4.57 Å². The molecule has 43 heavy (non-hydrogen) atoms. The standard InChI is InChI=1S/C42H27N/c1-3-12-28(13-4-1)31-24-32(29-14-5-2-6-15-29)26-33(25-31)30-16-9-17-34(27-30)43-39-22-10-20-37-35-18-7-8-19-36(35)38-21-11-23-40(43)42(38)41(37)39/h1-27H. The summed E-state index contributed by atoms with van der Waals surface area (Å²) in [7, 11) is 0. The highest BCUT2D eigenvalue weighted by Gasteiger charge is 2.19. The van der Waals surface area contributed by atoms with Crippen molar-refractivity contribution in [1.29, 1.82) is 0 Å². The molecule has 1 nitrogen and oxygen atoms in total. The predicted octanol–water partition coefficient (Wildman–Crippen LogP) is 11.5. The molecule has 0 saturated heterocycles. The van der Waals surface area contributed by atoms with Crippen LogP contribution in [0, 0.1) is 0 Å². The average molecular weight is 546 g/mol. The van der Waals surface area contributed by atoms with Crippen molar-refractivity contribution in [2.24, 2.45) is 0 Å². The maximum Gasteiger partial charge on any atom is 0.0547 e. The summed E-state index contributed by atoms with van der Waals surface area (Å²) in [5, 5.41) is 7.94. The summed E-state index contributed by atoms with van der Waals surface area (Å²) < 4.78 is 2.45. The van der Waals surface area contributed by atoms with E-state index in [1.165, 1.54) is 82.4 Å². The Balaban J connectivity index is 1.29. The van der Waals surface area contributed by atoms with Crippen LogP contribution < -0.4 is 0 Å². The van der Waals surface area contributed by atoms with Crippen molar-refractivity contribution < 1.29 is 0 Å². The maximum atomic E-state index is 2.45. The van der Waals surface area contributed by atoms with E-state index in [4.69, 9.17) is 0 Å². The first-order valence-electron chi connectivity index (χ1n) is 14.9. The number of nitrogens with zero attached hydrogens (tertiary/aromatic N) is 1. The molecular weight excluding hydrogens is 518 g/mol. The van der Waals surface area contributed by atoms with Crippen LogP contribution in [0.5, 0.6) is 0 Å². The van der Waals surface area contributed by atoms with Crippen LogP contribution in [0.1, 0.15) is 0 Å². The van der Waals surface area contributed by atoms with Crippen LogP contribution in [0.25, 0.3) is 82.4 Å². The maximum absolute atomic E-state index is 2.45. The second-order valence-electron chi connectivity index (χ2n) is 11.4. The molecule has 0 unspecified atom stereocenters. The Morgan fingerprint density at radius 2 is 0.698 bits per heavy atom. The molecule has 0 saturated carbocycles. The Morgan fingerprint density at radius 1 is 0.279 bits per heavy atom. The van der Waals surface area contributed by atoms with E-state index >= 15 is 0 Å². The van der Waals surface area contributed by atoms with E-state index in [0.717, 1.165) is 0 Å². The van der Waals surface area contributed by atoms with Crippen molar-refractivity contribution in [3.63, 3.8) is 0 Å². The third-order valence-electron chi connectivity index (χ3n) is 8.91. The van der Waals surface area contributed by atoms with Crippen LogP contribution >= 0.6 is 0 Å². The third-order valence-corrected chi connectivity index (χ3v) is 8.91. The monoisotopic (exact) mass is 545 g/mol. The summed E-state index contributed by atoms with van der Waals surface area (Å²) in [5.74, 6) is 0. The minimum atomic E-state index is 1.17. The molecule has 0 aliphatic carbocycles. The van der Waals surface area contributed by atoms with Gasteiger partial charge in [-0.1, -0.05) is 121 Å². The number of rotatable bonds is 4. The molecule has 1 heteroatoms. The van der Waals surface area contributed by atoms with Gasteiger partial charge in [-0.2, -0.15) is 0 Å². The second-order valence-corrected chi connectivity index (χ2v) is 11.4. The first kappa shape index (κ1) is 24.0. The summed E-state index contributed by atoms with van der Waals surface area (Å²) in [6, 6.07) is 59.7. The Labute approximate surface area is 250 Å². The van der Waals surface area contributed by atoms with E-state index in [1.54, 1.807) is 0 Å². The molecule has 200 valence electrons. The molecule has 9 aromatic rings. The Kier molecular flexibility index (Phi) is 5.27. The van der Waals surface area contributed by atoms with Gasteiger partial charge in [0, 0.05) is 16.5 Å². The van der Waals surface area contributed by atoms with Gasteiger partial charge in [0.1, 0.15) is 0 Å². The van der Waals surface area contributed by atoms with Crippen LogP contribution in [0.3, 0.4) is 0 Å². The largest absolute Gasteiger partial charge is 0.309 e. The minimum absolute atomic E-state index is 1.17. The molecular formula is C42H27N. The van der Waals surface area contributed by atoms with Gasteiger partial charge in [0.2, 0.25) is 0 Å². The lowest BCUT2D eigenvalue weighted by Gasteiger charge is -2.13. The number of aromatic nitrogens is 1. The zero-order chi connectivity index (χ0) is 28.3. The highest BCUT2D eigenvalue weighted by molar-refractivity contribution is 6.34. The number of hydrogen-bond donors (Lipinski definition) is 0. The fraction of sp³-hybridized carbons (Fsp3) is 0. The van der Waals surface area contributed by atoms with Gasteiger partial charge in [0.05, 0.1) is 11.0 Å². The molecule has 8 aromatic carbocycles. The summed E-state index contributed by atoms with van der Waals surface area (Å²) in [6.07, 6.45) is 0. The quantitative estimate of drug-likeness (QED) is 0.194. The minimum Gasteiger partial charge on any atom is -0.309 e. The lowest BCUT2D eigenvalue weighted by molar-refractivity contribution is 1.18. The van der Waals surface area contributed by atoms with Crippen molar-refractivity contribution in [3.8, 4) is 39.1 Å². The highest BCUT2D eigenvalue weighted by atomic mass is 15.0. The van der Waals surface area contributed by atoms with Gasteiger partial charge in [0.25, 0.3) is 0 Å². The van der Waals surface area contributed by atoms with E-state index < -0.39 is 0 Å².